The minimum atomic E-state index is -0.413. The zero-order valence-corrected chi connectivity index (χ0v) is 9.85. The summed E-state index contributed by atoms with van der Waals surface area (Å²) >= 11 is 1.39. The molecule has 0 unspecified atom stereocenters. The van der Waals surface area contributed by atoms with Gasteiger partial charge in [0.1, 0.15) is 0 Å². The summed E-state index contributed by atoms with van der Waals surface area (Å²) in [5.41, 5.74) is 1.69. The maximum atomic E-state index is 10.7. The molecule has 88 valence electrons. The van der Waals surface area contributed by atoms with E-state index in [1.807, 2.05) is 18.5 Å². The van der Waals surface area contributed by atoms with Crippen LogP contribution in [0, 0.1) is 10.1 Å². The van der Waals surface area contributed by atoms with Crippen LogP contribution < -0.4 is 10.6 Å². The highest BCUT2D eigenvalue weighted by molar-refractivity contribution is 7.07. The van der Waals surface area contributed by atoms with Crippen LogP contribution in [0.4, 0.5) is 5.69 Å². The second kappa shape index (κ2) is 4.38. The Labute approximate surface area is 101 Å². The molecule has 0 aliphatic rings. The number of hydrogen-bond donors (Lipinski definition) is 1. The van der Waals surface area contributed by atoms with Crippen LogP contribution in [0.25, 0.3) is 11.3 Å². The Morgan fingerprint density at radius 1 is 1.53 bits per heavy atom. The molecular weight excluding hydrogens is 240 g/mol. The van der Waals surface area contributed by atoms with Crippen LogP contribution in [0.2, 0.25) is 0 Å². The van der Waals surface area contributed by atoms with Gasteiger partial charge < -0.3 is 10.4 Å². The topological polar surface area (TPSA) is 86.4 Å². The predicted octanol–water partition coefficient (Wildman–Crippen LogP) is 1.44. The third-order valence-electron chi connectivity index (χ3n) is 2.39. The van der Waals surface area contributed by atoms with Crippen LogP contribution in [-0.4, -0.2) is 9.49 Å². The van der Waals surface area contributed by atoms with E-state index in [4.69, 9.17) is 5.84 Å². The standard InChI is InChI=1S/C10H10N4O2S/c1-13-9(6-17-10(13)12-11)7-3-2-4-8(5-7)14(15)16/h2-6H,11H2,1H3/b12-10-. The number of benzene rings is 1. The highest BCUT2D eigenvalue weighted by Crippen LogP contribution is 2.23. The molecule has 17 heavy (non-hydrogen) atoms. The first-order chi connectivity index (χ1) is 8.13. The number of hydrogen-bond acceptors (Lipinski definition) is 5. The van der Waals surface area contributed by atoms with Crippen molar-refractivity contribution in [1.82, 2.24) is 4.57 Å². The van der Waals surface area contributed by atoms with Gasteiger partial charge in [0.05, 0.1) is 10.6 Å². The number of nitrogens with zero attached hydrogens (tertiary/aromatic N) is 3. The summed E-state index contributed by atoms with van der Waals surface area (Å²) < 4.78 is 1.80. The minimum absolute atomic E-state index is 0.0694. The maximum absolute atomic E-state index is 10.7. The minimum Gasteiger partial charge on any atom is -0.320 e. The van der Waals surface area contributed by atoms with Gasteiger partial charge in [0.25, 0.3) is 5.69 Å². The Bertz CT molecular complexity index is 629. The van der Waals surface area contributed by atoms with E-state index in [0.717, 1.165) is 11.3 Å². The van der Waals surface area contributed by atoms with Gasteiger partial charge in [-0.3, -0.25) is 10.1 Å². The van der Waals surface area contributed by atoms with Crippen molar-refractivity contribution in [3.05, 3.63) is 44.6 Å². The van der Waals surface area contributed by atoms with Crippen LogP contribution in [0.1, 0.15) is 0 Å². The average Bonchev–Trinajstić information content (AvgIpc) is 2.70. The summed E-state index contributed by atoms with van der Waals surface area (Å²) in [6.07, 6.45) is 0. The number of nitrogens with two attached hydrogens (primary N) is 1. The molecule has 0 saturated carbocycles. The summed E-state index contributed by atoms with van der Waals surface area (Å²) in [5, 5.41) is 16.2. The molecule has 1 heterocycles. The quantitative estimate of drug-likeness (QED) is 0.497. The van der Waals surface area contributed by atoms with Crippen molar-refractivity contribution in [3.8, 4) is 11.3 Å². The summed E-state index contributed by atoms with van der Waals surface area (Å²) in [4.78, 5) is 10.9. The number of aromatic nitrogens is 1. The molecule has 0 spiro atoms. The fourth-order valence-corrected chi connectivity index (χ4v) is 2.36. The SMILES string of the molecule is Cn1c(-c2cccc([N+](=O)[O-])c2)cs/c1=N\N. The second-order valence-corrected chi connectivity index (χ2v) is 4.24. The van der Waals surface area contributed by atoms with Crippen molar-refractivity contribution < 1.29 is 4.92 Å². The van der Waals surface area contributed by atoms with E-state index >= 15 is 0 Å². The lowest BCUT2D eigenvalue weighted by Gasteiger charge is -2.02. The van der Waals surface area contributed by atoms with E-state index in [0.29, 0.717) is 4.80 Å². The van der Waals surface area contributed by atoms with Gasteiger partial charge in [-0.2, -0.15) is 5.10 Å². The molecular formula is C10H10N4O2S. The van der Waals surface area contributed by atoms with Crippen molar-refractivity contribution in [3.63, 3.8) is 0 Å². The number of nitro groups is 1. The molecule has 0 aliphatic carbocycles. The fourth-order valence-electron chi connectivity index (χ4n) is 1.53. The van der Waals surface area contributed by atoms with Gasteiger partial charge in [0.15, 0.2) is 0 Å². The van der Waals surface area contributed by atoms with Crippen LogP contribution in [-0.2, 0) is 7.05 Å². The first kappa shape index (κ1) is 11.3. The molecule has 0 saturated heterocycles. The Morgan fingerprint density at radius 3 is 2.88 bits per heavy atom. The maximum Gasteiger partial charge on any atom is 0.270 e. The number of rotatable bonds is 2. The molecule has 0 bridgehead atoms. The third-order valence-corrected chi connectivity index (χ3v) is 3.32. The van der Waals surface area contributed by atoms with Gasteiger partial charge in [0, 0.05) is 30.1 Å². The van der Waals surface area contributed by atoms with Gasteiger partial charge in [0.2, 0.25) is 4.80 Å². The molecule has 0 radical (unpaired) electrons. The number of non-ortho nitro benzene ring substituents is 1. The highest BCUT2D eigenvalue weighted by Gasteiger charge is 2.09. The van der Waals surface area contributed by atoms with Crippen molar-refractivity contribution in [2.45, 2.75) is 0 Å². The molecule has 6 nitrogen and oxygen atoms in total. The molecule has 2 aromatic rings. The first-order valence-corrected chi connectivity index (χ1v) is 5.64. The lowest BCUT2D eigenvalue weighted by Crippen LogP contribution is -2.13. The molecule has 0 fully saturated rings. The van der Waals surface area contributed by atoms with E-state index in [-0.39, 0.29) is 5.69 Å². The molecule has 0 amide bonds. The molecule has 2 rings (SSSR count). The normalized spacial score (nSPS) is 11.7. The fraction of sp³-hybridized carbons (Fsp3) is 0.100. The molecule has 1 aromatic heterocycles. The Morgan fingerprint density at radius 2 is 2.29 bits per heavy atom. The van der Waals surface area contributed by atoms with Crippen LogP contribution in [0.5, 0.6) is 0 Å². The summed E-state index contributed by atoms with van der Waals surface area (Å²) in [7, 11) is 1.82. The molecule has 0 atom stereocenters. The summed E-state index contributed by atoms with van der Waals surface area (Å²) in [5.74, 6) is 5.23. The lowest BCUT2D eigenvalue weighted by molar-refractivity contribution is -0.384. The van der Waals surface area contributed by atoms with E-state index in [1.165, 1.54) is 23.5 Å². The van der Waals surface area contributed by atoms with Crippen molar-refractivity contribution in [1.29, 1.82) is 0 Å². The third kappa shape index (κ3) is 2.04. The van der Waals surface area contributed by atoms with E-state index in [1.54, 1.807) is 10.6 Å². The van der Waals surface area contributed by atoms with Crippen LogP contribution in [0.15, 0.2) is 34.7 Å². The van der Waals surface area contributed by atoms with Crippen molar-refractivity contribution >= 4 is 17.0 Å². The Kier molecular flexibility index (Phi) is 2.92. The van der Waals surface area contributed by atoms with E-state index in [9.17, 15) is 10.1 Å². The van der Waals surface area contributed by atoms with Crippen LogP contribution in [0.3, 0.4) is 0 Å². The van der Waals surface area contributed by atoms with E-state index < -0.39 is 4.92 Å². The lowest BCUT2D eigenvalue weighted by atomic mass is 10.1. The Hall–Kier alpha value is -2.15. The first-order valence-electron chi connectivity index (χ1n) is 4.76. The largest absolute Gasteiger partial charge is 0.320 e. The van der Waals surface area contributed by atoms with Gasteiger partial charge in [-0.1, -0.05) is 12.1 Å². The molecule has 1 aromatic carbocycles. The Balaban J connectivity index is 2.57. The van der Waals surface area contributed by atoms with E-state index in [2.05, 4.69) is 5.10 Å². The zero-order valence-electron chi connectivity index (χ0n) is 9.03. The molecule has 0 aliphatic heterocycles. The van der Waals surface area contributed by atoms with Crippen LogP contribution >= 0.6 is 11.3 Å². The monoisotopic (exact) mass is 250 g/mol. The van der Waals surface area contributed by atoms with Gasteiger partial charge >= 0.3 is 0 Å². The van der Waals surface area contributed by atoms with Gasteiger partial charge in [-0.25, -0.2) is 0 Å². The second-order valence-electron chi connectivity index (χ2n) is 3.40. The highest BCUT2D eigenvalue weighted by atomic mass is 32.1. The number of nitro benzene ring substituents is 1. The summed E-state index contributed by atoms with van der Waals surface area (Å²) in [6, 6.07) is 6.46. The number of thiazole rings is 1. The van der Waals surface area contributed by atoms with Gasteiger partial charge in [-0.15, -0.1) is 11.3 Å². The zero-order chi connectivity index (χ0) is 12.4. The average molecular weight is 250 g/mol. The van der Waals surface area contributed by atoms with Crippen molar-refractivity contribution in [2.24, 2.45) is 18.0 Å². The smallest absolute Gasteiger partial charge is 0.270 e. The molecule has 2 N–H and O–H groups in total. The molecule has 7 heteroatoms. The van der Waals surface area contributed by atoms with Crippen molar-refractivity contribution in [2.75, 3.05) is 0 Å². The van der Waals surface area contributed by atoms with Gasteiger partial charge in [-0.05, 0) is 0 Å². The predicted molar refractivity (Wildman–Crippen MR) is 65.1 cm³/mol. The summed E-state index contributed by atoms with van der Waals surface area (Å²) in [6.45, 7) is 0.